The zero-order valence-electron chi connectivity index (χ0n) is 15.8. The quantitative estimate of drug-likeness (QED) is 0.812. The van der Waals surface area contributed by atoms with E-state index in [-0.39, 0.29) is 18.1 Å². The summed E-state index contributed by atoms with van der Waals surface area (Å²) in [6.07, 6.45) is 0.218. The molecule has 3 saturated heterocycles. The number of hydrogen-bond donors (Lipinski definition) is 1. The summed E-state index contributed by atoms with van der Waals surface area (Å²) in [6.45, 7) is 4.48. The number of carboxylic acid groups (broad SMARTS) is 1. The Morgan fingerprint density at radius 3 is 2.48 bits per heavy atom. The number of fused-ring (bicyclic) bond motifs is 2. The molecular weight excluding hydrogens is 391 g/mol. The van der Waals surface area contributed by atoms with Crippen molar-refractivity contribution in [3.63, 3.8) is 0 Å². The molecule has 1 aromatic heterocycles. The van der Waals surface area contributed by atoms with E-state index in [1.165, 1.54) is 0 Å². The largest absolute Gasteiger partial charge is 0.490 e. The number of carbonyl (C=O) groups is 2. The third-order valence-electron chi connectivity index (χ3n) is 5.32. The number of pyridine rings is 1. The summed E-state index contributed by atoms with van der Waals surface area (Å²) in [5, 5.41) is 7.12. The Balaban J connectivity index is 0.000000298. The number of aliphatic carboxylic acids is 1. The Morgan fingerprint density at radius 2 is 1.90 bits per heavy atom. The third-order valence-corrected chi connectivity index (χ3v) is 5.32. The van der Waals surface area contributed by atoms with Crippen LogP contribution in [0.3, 0.4) is 0 Å². The first-order valence-corrected chi connectivity index (χ1v) is 9.60. The fourth-order valence-electron chi connectivity index (χ4n) is 4.02. The fourth-order valence-corrected chi connectivity index (χ4v) is 4.02. The molecule has 0 saturated carbocycles. The van der Waals surface area contributed by atoms with Gasteiger partial charge in [0.1, 0.15) is 0 Å². The van der Waals surface area contributed by atoms with Crippen molar-refractivity contribution in [2.24, 2.45) is 5.92 Å². The molecule has 10 heteroatoms. The van der Waals surface area contributed by atoms with Crippen molar-refractivity contribution in [1.82, 2.24) is 14.8 Å². The molecule has 3 aliphatic rings. The lowest BCUT2D eigenvalue weighted by molar-refractivity contribution is -0.192. The lowest BCUT2D eigenvalue weighted by Crippen LogP contribution is -2.45. The van der Waals surface area contributed by atoms with Crippen molar-refractivity contribution in [2.75, 3.05) is 26.2 Å². The highest BCUT2D eigenvalue weighted by atomic mass is 19.4. The van der Waals surface area contributed by atoms with Crippen molar-refractivity contribution in [1.29, 1.82) is 0 Å². The van der Waals surface area contributed by atoms with E-state index in [0.717, 1.165) is 57.7 Å². The minimum atomic E-state index is -5.08. The Labute approximate surface area is 166 Å². The molecule has 1 amide bonds. The first kappa shape index (κ1) is 21.5. The number of halogens is 3. The Hall–Kier alpha value is -2.20. The lowest BCUT2D eigenvalue weighted by Gasteiger charge is -2.32. The van der Waals surface area contributed by atoms with E-state index in [0.29, 0.717) is 5.91 Å². The van der Waals surface area contributed by atoms with E-state index in [1.54, 1.807) is 0 Å². The van der Waals surface area contributed by atoms with E-state index in [9.17, 15) is 18.0 Å². The van der Waals surface area contributed by atoms with Crippen LogP contribution in [-0.4, -0.2) is 76.3 Å². The fraction of sp³-hybridized carbons (Fsp3) is 0.632. The van der Waals surface area contributed by atoms with Gasteiger partial charge >= 0.3 is 12.1 Å². The van der Waals surface area contributed by atoms with Crippen LogP contribution in [0, 0.1) is 5.92 Å². The van der Waals surface area contributed by atoms with Crippen molar-refractivity contribution in [2.45, 2.75) is 44.2 Å². The molecule has 0 unspecified atom stereocenters. The number of carboxylic acids is 1. The number of alkyl halides is 3. The van der Waals surface area contributed by atoms with Crippen molar-refractivity contribution < 1.29 is 32.6 Å². The number of morpholine rings is 1. The molecule has 0 aliphatic carbocycles. The maximum absolute atomic E-state index is 12.7. The maximum atomic E-state index is 12.7. The number of aromatic nitrogens is 1. The number of carbonyl (C=O) groups excluding carboxylic acids is 1. The molecule has 2 bridgehead atoms. The Kier molecular flexibility index (Phi) is 6.74. The van der Waals surface area contributed by atoms with Gasteiger partial charge in [0.15, 0.2) is 0 Å². The molecule has 29 heavy (non-hydrogen) atoms. The van der Waals surface area contributed by atoms with Gasteiger partial charge in [0.25, 0.3) is 0 Å². The highest BCUT2D eigenvalue weighted by Gasteiger charge is 2.46. The Morgan fingerprint density at radius 1 is 1.21 bits per heavy atom. The van der Waals surface area contributed by atoms with Gasteiger partial charge in [-0.05, 0) is 31.4 Å². The van der Waals surface area contributed by atoms with Crippen LogP contribution in [0.5, 0.6) is 0 Å². The number of ether oxygens (including phenoxy) is 1. The third kappa shape index (κ3) is 5.66. The van der Waals surface area contributed by atoms with Gasteiger partial charge in [-0.2, -0.15) is 13.2 Å². The van der Waals surface area contributed by atoms with Crippen LogP contribution in [0.2, 0.25) is 0 Å². The average Bonchev–Trinajstić information content (AvgIpc) is 3.30. The van der Waals surface area contributed by atoms with Crippen molar-refractivity contribution in [3.05, 3.63) is 30.1 Å². The monoisotopic (exact) mass is 415 g/mol. The van der Waals surface area contributed by atoms with Crippen LogP contribution in [-0.2, 0) is 20.9 Å². The number of nitrogens with zero attached hydrogens (tertiary/aromatic N) is 3. The van der Waals surface area contributed by atoms with Crippen LogP contribution >= 0.6 is 0 Å². The van der Waals surface area contributed by atoms with E-state index >= 15 is 0 Å². The van der Waals surface area contributed by atoms with E-state index < -0.39 is 12.1 Å². The standard InChI is InChI=1S/C17H23N3O2.C2HF3O2/c21-17(20-7-3-4-8-20)15-9-14-11-19(12-16(15)22-14)10-13-5-1-2-6-18-13;3-2(4,5)1(6)7/h1-2,5-6,14-16H,3-4,7-12H2;(H,6,7)/t14-,15+,16-;/m1./s1. The second-order valence-corrected chi connectivity index (χ2v) is 7.49. The zero-order chi connectivity index (χ0) is 21.0. The number of rotatable bonds is 3. The number of amides is 1. The molecule has 3 atom stereocenters. The predicted molar refractivity (Wildman–Crippen MR) is 95.8 cm³/mol. The molecule has 160 valence electrons. The summed E-state index contributed by atoms with van der Waals surface area (Å²) >= 11 is 0. The molecule has 4 rings (SSSR count). The minimum absolute atomic E-state index is 0.0653. The summed E-state index contributed by atoms with van der Waals surface area (Å²) in [4.78, 5) is 30.4. The summed E-state index contributed by atoms with van der Waals surface area (Å²) < 4.78 is 37.8. The SMILES string of the molecule is O=C(O)C(F)(F)F.O=C([C@H]1C[C@@H]2CN(Cc3ccccn3)C[C@H]1O2)N1CCCC1. The van der Waals surface area contributed by atoms with Gasteiger partial charge < -0.3 is 14.7 Å². The number of likely N-dealkylation sites (tertiary alicyclic amines) is 2. The second-order valence-electron chi connectivity index (χ2n) is 7.49. The molecule has 0 spiro atoms. The summed E-state index contributed by atoms with van der Waals surface area (Å²) in [7, 11) is 0. The van der Waals surface area contributed by atoms with Gasteiger partial charge in [-0.15, -0.1) is 0 Å². The highest BCUT2D eigenvalue weighted by Crippen LogP contribution is 2.34. The Bertz CT molecular complexity index is 710. The highest BCUT2D eigenvalue weighted by molar-refractivity contribution is 5.80. The summed E-state index contributed by atoms with van der Waals surface area (Å²) in [5.41, 5.74) is 1.09. The van der Waals surface area contributed by atoms with E-state index in [1.807, 2.05) is 23.2 Å². The zero-order valence-corrected chi connectivity index (χ0v) is 15.8. The molecule has 1 N–H and O–H groups in total. The second kappa shape index (κ2) is 9.08. The lowest BCUT2D eigenvalue weighted by atomic mass is 9.99. The topological polar surface area (TPSA) is 83.0 Å². The van der Waals surface area contributed by atoms with Gasteiger partial charge in [-0.3, -0.25) is 14.7 Å². The maximum Gasteiger partial charge on any atom is 0.490 e. The van der Waals surface area contributed by atoms with Crippen LogP contribution < -0.4 is 0 Å². The van der Waals surface area contributed by atoms with Gasteiger partial charge in [-0.25, -0.2) is 4.79 Å². The van der Waals surface area contributed by atoms with Crippen LogP contribution in [0.4, 0.5) is 13.2 Å². The summed E-state index contributed by atoms with van der Waals surface area (Å²) in [5.74, 6) is -2.37. The van der Waals surface area contributed by atoms with Gasteiger partial charge in [0, 0.05) is 38.9 Å². The van der Waals surface area contributed by atoms with Crippen molar-refractivity contribution >= 4 is 11.9 Å². The molecule has 4 heterocycles. The van der Waals surface area contributed by atoms with E-state index in [4.69, 9.17) is 14.6 Å². The van der Waals surface area contributed by atoms with Crippen LogP contribution in [0.15, 0.2) is 24.4 Å². The van der Waals surface area contributed by atoms with Gasteiger partial charge in [0.05, 0.1) is 23.8 Å². The van der Waals surface area contributed by atoms with Crippen LogP contribution in [0.1, 0.15) is 25.0 Å². The molecule has 3 aliphatic heterocycles. The van der Waals surface area contributed by atoms with E-state index in [2.05, 4.69) is 16.0 Å². The first-order chi connectivity index (χ1) is 13.7. The molecule has 0 radical (unpaired) electrons. The normalized spacial score (nSPS) is 26.7. The molecule has 3 fully saturated rings. The predicted octanol–water partition coefficient (Wildman–Crippen LogP) is 1.93. The smallest absolute Gasteiger partial charge is 0.475 e. The minimum Gasteiger partial charge on any atom is -0.475 e. The number of hydrogen-bond acceptors (Lipinski definition) is 5. The van der Waals surface area contributed by atoms with Crippen molar-refractivity contribution in [3.8, 4) is 0 Å². The van der Waals surface area contributed by atoms with Gasteiger partial charge in [-0.1, -0.05) is 6.07 Å². The molecule has 1 aromatic rings. The van der Waals surface area contributed by atoms with Gasteiger partial charge in [0.2, 0.25) is 5.91 Å². The summed E-state index contributed by atoms with van der Waals surface area (Å²) in [6, 6.07) is 6.03. The molecular formula is C19H24F3N3O4. The molecule has 7 nitrogen and oxygen atoms in total. The van der Waals surface area contributed by atoms with Crippen LogP contribution in [0.25, 0.3) is 0 Å². The average molecular weight is 415 g/mol. The molecule has 0 aromatic carbocycles. The first-order valence-electron chi connectivity index (χ1n) is 9.60.